The third-order valence-corrected chi connectivity index (χ3v) is 23.4. The zero-order valence-electron chi connectivity index (χ0n) is 60.6. The highest BCUT2D eigenvalue weighted by Gasteiger charge is 2.76. The first-order valence-electron chi connectivity index (χ1n) is 35.5. The van der Waals surface area contributed by atoms with Gasteiger partial charge in [-0.05, 0) is 158 Å². The molecule has 0 amide bonds. The summed E-state index contributed by atoms with van der Waals surface area (Å²) in [6.07, 6.45) is 26.2. The fraction of sp³-hybridized carbons (Fsp3) is 0.946. The molecule has 4 aliphatic heterocycles. The normalized spacial score (nSPS) is 23.9. The monoisotopic (exact) mass is 1210 g/mol. The number of piperidine rings is 4. The summed E-state index contributed by atoms with van der Waals surface area (Å²) in [5.74, 6) is -4.47. The predicted octanol–water partition coefficient (Wildman–Crippen LogP) is 17.8. The molecule has 0 aromatic heterocycles. The molecule has 0 aromatic rings. The molecule has 12 heteroatoms. The van der Waals surface area contributed by atoms with E-state index in [1.54, 1.807) is 0 Å². The molecule has 4 aliphatic rings. The molecule has 0 saturated carbocycles. The van der Waals surface area contributed by atoms with Gasteiger partial charge in [0.2, 0.25) is 0 Å². The lowest BCUT2D eigenvalue weighted by atomic mass is 9.53. The van der Waals surface area contributed by atoms with Crippen LogP contribution in [0.2, 0.25) is 0 Å². The van der Waals surface area contributed by atoms with E-state index in [2.05, 4.69) is 172 Å². The molecule has 0 aromatic carbocycles. The topological polar surface area (TPSA) is 118 Å². The summed E-state index contributed by atoms with van der Waals surface area (Å²) in [5.41, 5.74) is -8.25. The summed E-state index contributed by atoms with van der Waals surface area (Å²) in [7, 11) is 8.48. The Morgan fingerprint density at radius 2 is 0.535 bits per heavy atom. The van der Waals surface area contributed by atoms with Crippen LogP contribution < -0.4 is 0 Å². The maximum Gasteiger partial charge on any atom is 0.336 e. The summed E-state index contributed by atoms with van der Waals surface area (Å²) in [6.45, 7) is 41.2. The second-order valence-corrected chi connectivity index (χ2v) is 33.7. The van der Waals surface area contributed by atoms with Crippen molar-refractivity contribution in [2.75, 3.05) is 28.2 Å². The Balaban J connectivity index is 2.08. The number of rotatable bonds is 34. The van der Waals surface area contributed by atoms with Crippen LogP contribution in [0.25, 0.3) is 0 Å². The van der Waals surface area contributed by atoms with Crippen molar-refractivity contribution in [3.05, 3.63) is 0 Å². The third kappa shape index (κ3) is 18.9. The Bertz CT molecular complexity index is 1920. The molecular weight excluding hydrogens is 1070 g/mol. The fourth-order valence-corrected chi connectivity index (χ4v) is 16.9. The zero-order valence-corrected chi connectivity index (χ0v) is 60.6. The number of unbranched alkanes of at least 4 members (excludes halogenated alkanes) is 20. The highest BCUT2D eigenvalue weighted by atomic mass is 16.6. The van der Waals surface area contributed by atoms with Gasteiger partial charge in [-0.15, -0.1) is 0 Å². The van der Waals surface area contributed by atoms with Crippen LogP contribution in [0.4, 0.5) is 0 Å². The Kier molecular flexibility index (Phi) is 27.8. The lowest BCUT2D eigenvalue weighted by Gasteiger charge is -2.55. The van der Waals surface area contributed by atoms with Crippen molar-refractivity contribution in [2.24, 2.45) is 16.7 Å². The summed E-state index contributed by atoms with van der Waals surface area (Å²) in [6, 6.07) is 0. The standard InChI is InChI=1S/C74H138N4O8/c1-24-26-28-30-32-34-36-38-40-42-44-46-56(3)73(47-45-43-41-39-37-35-33-31-29-27-25-2,61(79)83-57-48-65(4,5)75(20)66(6,7)49-57)74(62(80)84-58-50-67(8,9)76(21)68(10,11)51-58,63(81)85-59-52-69(12,13)77(22)70(14,15)53-59)64(82)86-60-54-71(16,17)78(23)72(18,19)55-60/h56-60H,24-55H2,1-23H3. The van der Waals surface area contributed by atoms with Crippen molar-refractivity contribution in [1.29, 1.82) is 0 Å². The van der Waals surface area contributed by atoms with Crippen LogP contribution in [0.5, 0.6) is 0 Å². The predicted molar refractivity (Wildman–Crippen MR) is 356 cm³/mol. The lowest BCUT2D eigenvalue weighted by molar-refractivity contribution is -0.224. The average Bonchev–Trinajstić information content (AvgIpc) is 0.720. The average molecular weight is 1210 g/mol. The molecule has 2 unspecified atom stereocenters. The number of carbonyl (C=O) groups excluding carboxylic acids is 4. The van der Waals surface area contributed by atoms with E-state index in [0.29, 0.717) is 64.2 Å². The molecule has 0 spiro atoms. The second kappa shape index (κ2) is 31.4. The zero-order chi connectivity index (χ0) is 65.0. The van der Waals surface area contributed by atoms with E-state index >= 15 is 19.2 Å². The molecule has 0 aliphatic carbocycles. The summed E-state index contributed by atoms with van der Waals surface area (Å²) in [4.78, 5) is 78.2. The van der Waals surface area contributed by atoms with Crippen LogP contribution in [0.15, 0.2) is 0 Å². The summed E-state index contributed by atoms with van der Waals surface area (Å²) >= 11 is 0. The van der Waals surface area contributed by atoms with Crippen molar-refractivity contribution in [3.8, 4) is 0 Å². The molecular formula is C74H138N4O8. The number of hydrogen-bond acceptors (Lipinski definition) is 12. The first-order valence-corrected chi connectivity index (χ1v) is 35.5. The molecule has 0 radical (unpaired) electrons. The van der Waals surface area contributed by atoms with E-state index in [4.69, 9.17) is 18.9 Å². The van der Waals surface area contributed by atoms with Crippen molar-refractivity contribution >= 4 is 23.9 Å². The number of carbonyl (C=O) groups is 4. The van der Waals surface area contributed by atoms with Gasteiger partial charge in [0.25, 0.3) is 5.41 Å². The van der Waals surface area contributed by atoms with E-state index in [0.717, 1.165) is 51.4 Å². The van der Waals surface area contributed by atoms with Gasteiger partial charge in [0.1, 0.15) is 29.8 Å². The maximum absolute atomic E-state index is 17.2. The quantitative estimate of drug-likeness (QED) is 0.0264. The summed E-state index contributed by atoms with van der Waals surface area (Å²) in [5, 5.41) is 0. The largest absolute Gasteiger partial charge is 0.462 e. The van der Waals surface area contributed by atoms with E-state index in [1.165, 1.54) is 83.5 Å². The SMILES string of the molecule is CCCCCCCCCCCCCC(C)C(CCCCCCCCCCCCC)(C(=O)OC1CC(C)(C)N(C)C(C)(C)C1)C(C(=O)OC1CC(C)(C)N(C)C(C)(C)C1)(C(=O)OC1CC(C)(C)N(C)C(C)(C)C1)C(=O)OC1CC(C)(C)N(C)C(C)(C)C1. The van der Waals surface area contributed by atoms with Gasteiger partial charge in [-0.1, -0.05) is 162 Å². The van der Waals surface area contributed by atoms with Gasteiger partial charge in [-0.2, -0.15) is 0 Å². The molecule has 502 valence electrons. The molecule has 4 fully saturated rings. The maximum atomic E-state index is 17.2. The van der Waals surface area contributed by atoms with Crippen LogP contribution in [0.1, 0.15) is 337 Å². The van der Waals surface area contributed by atoms with Gasteiger partial charge in [-0.3, -0.25) is 38.8 Å². The molecule has 4 heterocycles. The molecule has 2 atom stereocenters. The molecule has 86 heavy (non-hydrogen) atoms. The molecule has 0 N–H and O–H groups in total. The number of likely N-dealkylation sites (tertiary alicyclic amines) is 4. The van der Waals surface area contributed by atoms with Crippen molar-refractivity contribution in [2.45, 2.75) is 406 Å². The summed E-state index contributed by atoms with van der Waals surface area (Å²) < 4.78 is 28.5. The Morgan fingerprint density at radius 3 is 0.767 bits per heavy atom. The van der Waals surface area contributed by atoms with Crippen molar-refractivity contribution < 1.29 is 38.1 Å². The van der Waals surface area contributed by atoms with E-state index < -0.39 is 98.3 Å². The Hall–Kier alpha value is -2.28. The van der Waals surface area contributed by atoms with Crippen LogP contribution in [0, 0.1) is 16.7 Å². The van der Waals surface area contributed by atoms with Crippen molar-refractivity contribution in [1.82, 2.24) is 19.6 Å². The number of ether oxygens (including phenoxy) is 4. The smallest absolute Gasteiger partial charge is 0.336 e. The van der Waals surface area contributed by atoms with Crippen LogP contribution in [0.3, 0.4) is 0 Å². The van der Waals surface area contributed by atoms with Gasteiger partial charge >= 0.3 is 23.9 Å². The van der Waals surface area contributed by atoms with E-state index in [9.17, 15) is 0 Å². The minimum Gasteiger partial charge on any atom is -0.462 e. The van der Waals surface area contributed by atoms with Gasteiger partial charge in [0.15, 0.2) is 0 Å². The molecule has 12 nitrogen and oxygen atoms in total. The molecule has 4 saturated heterocycles. The van der Waals surface area contributed by atoms with Gasteiger partial charge < -0.3 is 18.9 Å². The van der Waals surface area contributed by atoms with Gasteiger partial charge in [-0.25, -0.2) is 0 Å². The van der Waals surface area contributed by atoms with Crippen LogP contribution >= 0.6 is 0 Å². The first-order chi connectivity index (χ1) is 39.7. The number of nitrogens with zero attached hydrogens (tertiary/aromatic N) is 4. The minimum absolute atomic E-state index is 0.0555. The van der Waals surface area contributed by atoms with E-state index in [1.807, 2.05) is 6.92 Å². The minimum atomic E-state index is -2.90. The van der Waals surface area contributed by atoms with Gasteiger partial charge in [0, 0.05) is 95.7 Å². The highest BCUT2D eigenvalue weighted by Crippen LogP contribution is 2.57. The fourth-order valence-electron chi connectivity index (χ4n) is 16.9. The number of esters is 4. The first kappa shape index (κ1) is 76.2. The van der Waals surface area contributed by atoms with Crippen LogP contribution in [-0.2, 0) is 38.1 Å². The third-order valence-electron chi connectivity index (χ3n) is 23.4. The lowest BCUT2D eigenvalue weighted by Crippen LogP contribution is -2.69. The van der Waals surface area contributed by atoms with Crippen molar-refractivity contribution in [3.63, 3.8) is 0 Å². The van der Waals surface area contributed by atoms with Crippen LogP contribution in [-0.4, -0.2) is 140 Å². The molecule has 0 bridgehead atoms. The molecule has 4 rings (SSSR count). The van der Waals surface area contributed by atoms with Gasteiger partial charge in [0.05, 0.1) is 0 Å². The van der Waals surface area contributed by atoms with E-state index in [-0.39, 0.29) is 17.5 Å². The number of hydrogen-bond donors (Lipinski definition) is 0. The highest BCUT2D eigenvalue weighted by molar-refractivity contribution is 6.22. The second-order valence-electron chi connectivity index (χ2n) is 33.7. The Morgan fingerprint density at radius 1 is 0.337 bits per heavy atom. The Labute approximate surface area is 529 Å².